The highest BCUT2D eigenvalue weighted by Crippen LogP contribution is 2.24. The molecule has 4 rings (SSSR count). The number of furan rings is 1. The molecule has 2 aromatic heterocycles. The predicted molar refractivity (Wildman–Crippen MR) is 103 cm³/mol. The molecule has 1 aliphatic rings. The number of piperidine rings is 1. The van der Waals surface area contributed by atoms with Crippen molar-refractivity contribution in [3.8, 4) is 0 Å². The molecule has 1 aliphatic heterocycles. The third-order valence-electron chi connectivity index (χ3n) is 4.86. The molecular weight excluding hydrogens is 342 g/mol. The zero-order valence-corrected chi connectivity index (χ0v) is 15.1. The Kier molecular flexibility index (Phi) is 5.34. The number of hydrogen-bond donors (Lipinski definition) is 1. The van der Waals surface area contributed by atoms with Crippen LogP contribution in [0.2, 0.25) is 0 Å². The van der Waals surface area contributed by atoms with E-state index in [0.717, 1.165) is 24.4 Å². The number of amides is 1. The van der Waals surface area contributed by atoms with E-state index in [-0.39, 0.29) is 11.9 Å². The lowest BCUT2D eigenvalue weighted by Crippen LogP contribution is -2.40. The monoisotopic (exact) mass is 365 g/mol. The topological polar surface area (TPSA) is 71.5 Å². The molecule has 3 aromatic rings. The van der Waals surface area contributed by atoms with Gasteiger partial charge in [-0.3, -0.25) is 9.69 Å². The van der Waals surface area contributed by atoms with Gasteiger partial charge in [0.2, 0.25) is 11.8 Å². The quantitative estimate of drug-likeness (QED) is 0.673. The lowest BCUT2D eigenvalue weighted by molar-refractivity contribution is -0.116. The summed E-state index contributed by atoms with van der Waals surface area (Å²) in [7, 11) is 0. The number of nitrogens with zero attached hydrogens (tertiary/aromatic N) is 2. The molecule has 3 heterocycles. The number of carbonyl (C=O) groups excluding carboxylic acids is 1. The van der Waals surface area contributed by atoms with Gasteiger partial charge >= 0.3 is 0 Å². The van der Waals surface area contributed by atoms with E-state index in [4.69, 9.17) is 8.83 Å². The number of nitrogens with one attached hydrogen (secondary N) is 1. The predicted octanol–water partition coefficient (Wildman–Crippen LogP) is 3.78. The Balaban J connectivity index is 1.38. The highest BCUT2D eigenvalue weighted by molar-refractivity contribution is 5.91. The van der Waals surface area contributed by atoms with E-state index in [9.17, 15) is 4.79 Å². The Bertz CT molecular complexity index is 875. The Hall–Kier alpha value is -2.86. The van der Waals surface area contributed by atoms with Gasteiger partial charge in [0.15, 0.2) is 5.58 Å². The number of benzene rings is 1. The fourth-order valence-electron chi connectivity index (χ4n) is 3.49. The molecule has 0 aliphatic carbocycles. The van der Waals surface area contributed by atoms with Gasteiger partial charge in [-0.25, -0.2) is 4.98 Å². The van der Waals surface area contributed by atoms with Gasteiger partial charge in [-0.1, -0.05) is 18.6 Å². The van der Waals surface area contributed by atoms with E-state index in [1.165, 1.54) is 25.3 Å². The minimum absolute atomic E-state index is 0.0574. The van der Waals surface area contributed by atoms with Crippen molar-refractivity contribution >= 4 is 23.1 Å². The summed E-state index contributed by atoms with van der Waals surface area (Å²) in [5, 5.41) is 2.98. The van der Waals surface area contributed by atoms with Crippen molar-refractivity contribution in [2.75, 3.05) is 19.6 Å². The summed E-state index contributed by atoms with van der Waals surface area (Å²) in [5.41, 5.74) is 1.49. The fraction of sp³-hybridized carbons (Fsp3) is 0.333. The van der Waals surface area contributed by atoms with Gasteiger partial charge in [0.05, 0.1) is 12.3 Å². The summed E-state index contributed by atoms with van der Waals surface area (Å²) in [6.07, 6.45) is 8.37. The number of para-hydroxylation sites is 2. The van der Waals surface area contributed by atoms with E-state index in [2.05, 4.69) is 15.2 Å². The molecule has 6 nitrogen and oxygen atoms in total. The van der Waals surface area contributed by atoms with Crippen LogP contribution in [0.1, 0.15) is 37.0 Å². The van der Waals surface area contributed by atoms with E-state index in [1.807, 2.05) is 36.4 Å². The van der Waals surface area contributed by atoms with E-state index >= 15 is 0 Å². The molecule has 0 saturated carbocycles. The van der Waals surface area contributed by atoms with Crippen LogP contribution in [0.25, 0.3) is 17.2 Å². The Labute approximate surface area is 157 Å². The molecule has 27 heavy (non-hydrogen) atoms. The minimum Gasteiger partial charge on any atom is -0.468 e. The van der Waals surface area contributed by atoms with Crippen LogP contribution in [0, 0.1) is 0 Å². The molecule has 1 aromatic carbocycles. The maximum absolute atomic E-state index is 12.3. The molecule has 0 radical (unpaired) electrons. The number of oxazole rings is 1. The number of aromatic nitrogens is 1. The van der Waals surface area contributed by atoms with E-state index < -0.39 is 0 Å². The van der Waals surface area contributed by atoms with Crippen LogP contribution in [0.4, 0.5) is 0 Å². The van der Waals surface area contributed by atoms with Gasteiger partial charge in [0, 0.05) is 18.7 Å². The van der Waals surface area contributed by atoms with Crippen molar-refractivity contribution in [3.63, 3.8) is 0 Å². The van der Waals surface area contributed by atoms with Gasteiger partial charge in [-0.2, -0.15) is 0 Å². The summed E-state index contributed by atoms with van der Waals surface area (Å²) in [4.78, 5) is 19.0. The van der Waals surface area contributed by atoms with Crippen molar-refractivity contribution < 1.29 is 13.6 Å². The third-order valence-corrected chi connectivity index (χ3v) is 4.86. The van der Waals surface area contributed by atoms with Gasteiger partial charge in [0.1, 0.15) is 11.3 Å². The second-order valence-corrected chi connectivity index (χ2v) is 6.73. The SMILES string of the molecule is O=C(/C=C/c1nc2ccccc2o1)NCC(c1ccco1)N1CCCCC1. The van der Waals surface area contributed by atoms with Gasteiger partial charge in [-0.05, 0) is 50.2 Å². The molecule has 0 bridgehead atoms. The molecule has 140 valence electrons. The standard InChI is InChI=1S/C21H23N3O3/c25-20(10-11-21-23-16-7-2-3-8-18(16)27-21)22-15-17(19-9-6-14-26-19)24-12-4-1-5-13-24/h2-3,6-11,14,17H,1,4-5,12-13,15H2,(H,22,25)/b11-10+. The van der Waals surface area contributed by atoms with Crippen LogP contribution in [0.15, 0.2) is 57.6 Å². The maximum Gasteiger partial charge on any atom is 0.244 e. The first-order valence-corrected chi connectivity index (χ1v) is 9.38. The van der Waals surface area contributed by atoms with Crippen LogP contribution in [0.3, 0.4) is 0 Å². The summed E-state index contributed by atoms with van der Waals surface area (Å²) < 4.78 is 11.2. The Morgan fingerprint density at radius 2 is 2.04 bits per heavy atom. The van der Waals surface area contributed by atoms with Gasteiger partial charge < -0.3 is 14.2 Å². The zero-order chi connectivity index (χ0) is 18.5. The largest absolute Gasteiger partial charge is 0.468 e. The van der Waals surface area contributed by atoms with Crippen molar-refractivity contribution in [1.82, 2.24) is 15.2 Å². The average molecular weight is 365 g/mol. The first kappa shape index (κ1) is 17.5. The van der Waals surface area contributed by atoms with E-state index in [1.54, 1.807) is 12.3 Å². The molecule has 1 saturated heterocycles. The lowest BCUT2D eigenvalue weighted by atomic mass is 10.1. The van der Waals surface area contributed by atoms with Crippen molar-refractivity contribution in [2.45, 2.75) is 25.3 Å². The summed E-state index contributed by atoms with van der Waals surface area (Å²) in [6, 6.07) is 11.4. The molecule has 1 N–H and O–H groups in total. The van der Waals surface area contributed by atoms with Crippen LogP contribution in [-0.4, -0.2) is 35.4 Å². The van der Waals surface area contributed by atoms with Crippen molar-refractivity contribution in [2.24, 2.45) is 0 Å². The highest BCUT2D eigenvalue weighted by atomic mass is 16.3. The summed E-state index contributed by atoms with van der Waals surface area (Å²) in [6.45, 7) is 2.56. The molecule has 1 fully saturated rings. The van der Waals surface area contributed by atoms with Crippen LogP contribution in [0.5, 0.6) is 0 Å². The summed E-state index contributed by atoms with van der Waals surface area (Å²) in [5.74, 6) is 1.14. The number of rotatable bonds is 6. The smallest absolute Gasteiger partial charge is 0.244 e. The second-order valence-electron chi connectivity index (χ2n) is 6.73. The third kappa shape index (κ3) is 4.28. The van der Waals surface area contributed by atoms with Crippen LogP contribution < -0.4 is 5.32 Å². The number of likely N-dealkylation sites (tertiary alicyclic amines) is 1. The van der Waals surface area contributed by atoms with Crippen molar-refractivity contribution in [3.05, 3.63) is 60.4 Å². The molecule has 1 amide bonds. The molecule has 6 heteroatoms. The first-order chi connectivity index (χ1) is 13.3. The fourth-order valence-corrected chi connectivity index (χ4v) is 3.49. The highest BCUT2D eigenvalue weighted by Gasteiger charge is 2.24. The number of hydrogen-bond acceptors (Lipinski definition) is 5. The Morgan fingerprint density at radius 1 is 1.19 bits per heavy atom. The van der Waals surface area contributed by atoms with Crippen molar-refractivity contribution in [1.29, 1.82) is 0 Å². The Morgan fingerprint density at radius 3 is 2.81 bits per heavy atom. The minimum atomic E-state index is -0.175. The van der Waals surface area contributed by atoms with Crippen LogP contribution in [-0.2, 0) is 4.79 Å². The zero-order valence-electron chi connectivity index (χ0n) is 15.1. The van der Waals surface area contributed by atoms with E-state index in [0.29, 0.717) is 18.0 Å². The lowest BCUT2D eigenvalue weighted by Gasteiger charge is -2.33. The first-order valence-electron chi connectivity index (χ1n) is 9.38. The van der Waals surface area contributed by atoms with Gasteiger partial charge in [-0.15, -0.1) is 0 Å². The van der Waals surface area contributed by atoms with Gasteiger partial charge in [0.25, 0.3) is 0 Å². The molecule has 1 unspecified atom stereocenters. The van der Waals surface area contributed by atoms with Crippen LogP contribution >= 0.6 is 0 Å². The number of carbonyl (C=O) groups is 1. The molecule has 1 atom stereocenters. The second kappa shape index (κ2) is 8.22. The average Bonchev–Trinajstić information content (AvgIpc) is 3.37. The molecule has 0 spiro atoms. The number of fused-ring (bicyclic) bond motifs is 1. The maximum atomic E-state index is 12.3. The summed E-state index contributed by atoms with van der Waals surface area (Å²) >= 11 is 0. The normalized spacial score (nSPS) is 16.7. The molecular formula is C21H23N3O3.